The lowest BCUT2D eigenvalue weighted by atomic mass is 10.3. The molecule has 4 heteroatoms. The van der Waals surface area contributed by atoms with Gasteiger partial charge in [0.1, 0.15) is 4.62 Å². The predicted molar refractivity (Wildman–Crippen MR) is 35.4 cm³/mol. The van der Waals surface area contributed by atoms with E-state index in [0.29, 0.717) is 0 Å². The van der Waals surface area contributed by atoms with Gasteiger partial charge in [-0.15, -0.1) is 0 Å². The maximum absolute atomic E-state index is 12.3. The Kier molecular flexibility index (Phi) is 1.75. The van der Waals surface area contributed by atoms with Crippen LogP contribution in [0.4, 0.5) is 4.39 Å². The number of hydrogen-bond acceptors (Lipinski definition) is 1. The number of hydrogen-bond donors (Lipinski definition) is 0. The fourth-order valence-corrected chi connectivity index (χ4v) is 0.778. The monoisotopic (exact) mass is 191 g/mol. The van der Waals surface area contributed by atoms with Crippen LogP contribution < -0.4 is 0 Å². The SMILES string of the molecule is O=C1C=CC(F)C(Br)=N1. The van der Waals surface area contributed by atoms with Crippen molar-refractivity contribution < 1.29 is 9.18 Å². The highest BCUT2D eigenvalue weighted by molar-refractivity contribution is 9.18. The van der Waals surface area contributed by atoms with Crippen LogP contribution in [0.3, 0.4) is 0 Å². The van der Waals surface area contributed by atoms with Crippen molar-refractivity contribution in [1.82, 2.24) is 0 Å². The van der Waals surface area contributed by atoms with Gasteiger partial charge in [0.2, 0.25) is 0 Å². The quantitative estimate of drug-likeness (QED) is 0.567. The fraction of sp³-hybridized carbons (Fsp3) is 0.200. The van der Waals surface area contributed by atoms with Gasteiger partial charge in [0.05, 0.1) is 0 Å². The molecule has 0 bridgehead atoms. The van der Waals surface area contributed by atoms with Crippen molar-refractivity contribution in [2.45, 2.75) is 6.17 Å². The molecule has 0 fully saturated rings. The highest BCUT2D eigenvalue weighted by Crippen LogP contribution is 2.08. The Balaban J connectivity index is 2.82. The Bertz CT molecular complexity index is 199. The second kappa shape index (κ2) is 2.39. The molecule has 0 aliphatic carbocycles. The summed E-state index contributed by atoms with van der Waals surface area (Å²) in [7, 11) is 0. The van der Waals surface area contributed by atoms with Crippen molar-refractivity contribution in [3.63, 3.8) is 0 Å². The number of allylic oxidation sites excluding steroid dienone is 1. The lowest BCUT2D eigenvalue weighted by Crippen LogP contribution is -2.12. The van der Waals surface area contributed by atoms with Crippen LogP contribution >= 0.6 is 15.9 Å². The van der Waals surface area contributed by atoms with Gasteiger partial charge < -0.3 is 0 Å². The van der Waals surface area contributed by atoms with Gasteiger partial charge in [-0.25, -0.2) is 9.38 Å². The molecule has 9 heavy (non-hydrogen) atoms. The van der Waals surface area contributed by atoms with Crippen LogP contribution in [0.15, 0.2) is 17.1 Å². The Morgan fingerprint density at radius 3 is 2.89 bits per heavy atom. The first-order chi connectivity index (χ1) is 4.20. The van der Waals surface area contributed by atoms with Crippen molar-refractivity contribution >= 4 is 26.5 Å². The zero-order valence-electron chi connectivity index (χ0n) is 4.34. The number of rotatable bonds is 0. The largest absolute Gasteiger partial charge is 0.270 e. The molecule has 1 amide bonds. The summed E-state index contributed by atoms with van der Waals surface area (Å²) in [5.74, 6) is -0.421. The topological polar surface area (TPSA) is 29.4 Å². The third-order valence-electron chi connectivity index (χ3n) is 0.852. The van der Waals surface area contributed by atoms with Gasteiger partial charge in [-0.3, -0.25) is 4.79 Å². The van der Waals surface area contributed by atoms with Gasteiger partial charge >= 0.3 is 0 Å². The number of aliphatic imine (C=N–C) groups is 1. The zero-order valence-corrected chi connectivity index (χ0v) is 5.93. The van der Waals surface area contributed by atoms with E-state index in [0.717, 1.165) is 12.2 Å². The second-order valence-corrected chi connectivity index (χ2v) is 2.35. The molecule has 1 atom stereocenters. The van der Waals surface area contributed by atoms with Crippen molar-refractivity contribution in [1.29, 1.82) is 0 Å². The first-order valence-electron chi connectivity index (χ1n) is 2.30. The average Bonchev–Trinajstić information content (AvgIpc) is 1.80. The molecule has 1 unspecified atom stereocenters. The van der Waals surface area contributed by atoms with Crippen LogP contribution in [0.1, 0.15) is 0 Å². The molecule has 0 saturated carbocycles. The molecule has 0 N–H and O–H groups in total. The standard InChI is InChI=1S/C5H3BrFNO/c6-5-3(7)1-2-4(9)8-5/h1-3H. The normalized spacial score (nSPS) is 26.2. The van der Waals surface area contributed by atoms with Crippen molar-refractivity contribution in [2.24, 2.45) is 4.99 Å². The lowest BCUT2D eigenvalue weighted by Gasteiger charge is -2.01. The maximum atomic E-state index is 12.3. The third-order valence-corrected chi connectivity index (χ3v) is 1.47. The van der Waals surface area contributed by atoms with Gasteiger partial charge in [-0.2, -0.15) is 0 Å². The number of dihydropyridines is 1. The summed E-state index contributed by atoms with van der Waals surface area (Å²) in [6.07, 6.45) is 1.01. The summed E-state index contributed by atoms with van der Waals surface area (Å²) in [4.78, 5) is 13.6. The molecule has 0 spiro atoms. The molecule has 0 aromatic rings. The van der Waals surface area contributed by atoms with Crippen LogP contribution in [-0.4, -0.2) is 16.7 Å². The Morgan fingerprint density at radius 2 is 2.44 bits per heavy atom. The molecule has 1 heterocycles. The van der Waals surface area contributed by atoms with E-state index in [4.69, 9.17) is 0 Å². The molecular formula is C5H3BrFNO. The Morgan fingerprint density at radius 1 is 1.78 bits per heavy atom. The Hall–Kier alpha value is -0.510. The summed E-state index contributed by atoms with van der Waals surface area (Å²) in [5, 5.41) is 0. The van der Waals surface area contributed by atoms with Gasteiger partial charge in [0.25, 0.3) is 5.91 Å². The molecule has 1 aliphatic heterocycles. The minimum Gasteiger partial charge on any atom is -0.267 e. The number of carbonyl (C=O) groups excluding carboxylic acids is 1. The lowest BCUT2D eigenvalue weighted by molar-refractivity contribution is -0.113. The molecule has 0 aromatic heterocycles. The van der Waals surface area contributed by atoms with Crippen LogP contribution in [0.2, 0.25) is 0 Å². The second-order valence-electron chi connectivity index (χ2n) is 1.53. The van der Waals surface area contributed by atoms with Gasteiger partial charge in [-0.1, -0.05) is 0 Å². The van der Waals surface area contributed by atoms with Crippen LogP contribution in [0.5, 0.6) is 0 Å². The smallest absolute Gasteiger partial charge is 0.267 e. The fourth-order valence-electron chi connectivity index (χ4n) is 0.450. The van der Waals surface area contributed by atoms with Gasteiger partial charge in [-0.05, 0) is 22.0 Å². The summed E-state index contributed by atoms with van der Waals surface area (Å²) in [6.45, 7) is 0. The summed E-state index contributed by atoms with van der Waals surface area (Å²) in [6, 6.07) is 0. The first kappa shape index (κ1) is 6.61. The first-order valence-corrected chi connectivity index (χ1v) is 3.10. The maximum Gasteiger partial charge on any atom is 0.270 e. The minimum atomic E-state index is -1.25. The number of amides is 1. The van der Waals surface area contributed by atoms with E-state index in [2.05, 4.69) is 20.9 Å². The number of nitrogens with zero attached hydrogens (tertiary/aromatic N) is 1. The highest BCUT2D eigenvalue weighted by Gasteiger charge is 2.13. The third kappa shape index (κ3) is 1.45. The van der Waals surface area contributed by atoms with E-state index in [1.54, 1.807) is 0 Å². The molecule has 1 aliphatic rings. The van der Waals surface area contributed by atoms with Crippen molar-refractivity contribution in [3.05, 3.63) is 12.2 Å². The molecule has 0 radical (unpaired) electrons. The number of halogens is 2. The Labute approximate surface area is 59.6 Å². The highest BCUT2D eigenvalue weighted by atomic mass is 79.9. The van der Waals surface area contributed by atoms with E-state index in [-0.39, 0.29) is 4.62 Å². The molecule has 0 aromatic carbocycles. The summed E-state index contributed by atoms with van der Waals surface area (Å²) >= 11 is 2.80. The van der Waals surface area contributed by atoms with Crippen molar-refractivity contribution in [3.8, 4) is 0 Å². The number of carbonyl (C=O) groups is 1. The van der Waals surface area contributed by atoms with Crippen LogP contribution in [-0.2, 0) is 4.79 Å². The minimum absolute atomic E-state index is 0.0509. The molecule has 48 valence electrons. The van der Waals surface area contributed by atoms with E-state index in [1.165, 1.54) is 0 Å². The van der Waals surface area contributed by atoms with Crippen molar-refractivity contribution in [2.75, 3.05) is 0 Å². The molecule has 2 nitrogen and oxygen atoms in total. The van der Waals surface area contributed by atoms with Crippen LogP contribution in [0.25, 0.3) is 0 Å². The summed E-state index contributed by atoms with van der Waals surface area (Å²) in [5.41, 5.74) is 0. The average molecular weight is 192 g/mol. The van der Waals surface area contributed by atoms with Gasteiger partial charge in [0, 0.05) is 6.08 Å². The van der Waals surface area contributed by atoms with Gasteiger partial charge in [0.15, 0.2) is 6.17 Å². The summed E-state index contributed by atoms with van der Waals surface area (Å²) < 4.78 is 12.4. The predicted octanol–water partition coefficient (Wildman–Crippen LogP) is 1.21. The molecular weight excluding hydrogens is 189 g/mol. The van der Waals surface area contributed by atoms with E-state index in [9.17, 15) is 9.18 Å². The van der Waals surface area contributed by atoms with E-state index < -0.39 is 12.1 Å². The molecule has 1 rings (SSSR count). The van der Waals surface area contributed by atoms with E-state index in [1.807, 2.05) is 0 Å². The van der Waals surface area contributed by atoms with E-state index >= 15 is 0 Å². The van der Waals surface area contributed by atoms with Crippen LogP contribution in [0, 0.1) is 0 Å². The zero-order chi connectivity index (χ0) is 6.85. The molecule has 0 saturated heterocycles. The number of alkyl halides is 1.